The maximum absolute atomic E-state index is 13.3. The number of hydrogen-bond donors (Lipinski definition) is 0. The summed E-state index contributed by atoms with van der Waals surface area (Å²) in [5.41, 5.74) is 3.49. The normalized spacial score (nSPS) is 13.2. The molecule has 0 radical (unpaired) electrons. The number of sulfonamides is 3. The maximum Gasteiger partial charge on any atom is 0.248 e. The van der Waals surface area contributed by atoms with Crippen LogP contribution in [0.5, 0.6) is 0 Å². The van der Waals surface area contributed by atoms with E-state index in [9.17, 15) is 89.3 Å². The van der Waals surface area contributed by atoms with E-state index < -0.39 is 113 Å². The second kappa shape index (κ2) is 42.7. The Bertz CT molecular complexity index is 4180. The second-order valence-electron chi connectivity index (χ2n) is 25.4. The Kier molecular flexibility index (Phi) is 41.6. The topological polar surface area (TPSA) is 283 Å². The highest BCUT2D eigenvalue weighted by atomic mass is 32.2. The van der Waals surface area contributed by atoms with Crippen LogP contribution in [0, 0.1) is 36.0 Å². The number of hydrogen-bond acceptors (Lipinski definition) is 16. The molecule has 5 aromatic rings. The minimum atomic E-state index is -4.78. The first-order valence-electron chi connectivity index (χ1n) is 31.6. The van der Waals surface area contributed by atoms with Crippen LogP contribution in [0.2, 0.25) is 0 Å². The lowest BCUT2D eigenvalue weighted by molar-refractivity contribution is 0.353. The van der Waals surface area contributed by atoms with Crippen LogP contribution in [0.1, 0.15) is 151 Å². The molecular weight excluding hydrogens is 1450 g/mol. The van der Waals surface area contributed by atoms with E-state index in [2.05, 4.69) is 55.4 Å². The van der Waals surface area contributed by atoms with E-state index in [1.807, 2.05) is 45.0 Å². The molecule has 1 heterocycles. The molecule has 0 spiro atoms. The van der Waals surface area contributed by atoms with Gasteiger partial charge >= 0.3 is 0 Å². The largest absolute Gasteiger partial charge is 0.248 e. The van der Waals surface area contributed by atoms with Crippen molar-refractivity contribution in [2.45, 2.75) is 176 Å². The highest BCUT2D eigenvalue weighted by molar-refractivity contribution is 7.92. The summed E-state index contributed by atoms with van der Waals surface area (Å²) in [6.45, 7) is 26.5. The summed E-state index contributed by atoms with van der Waals surface area (Å²) in [6.07, 6.45) is 15.9. The van der Waals surface area contributed by atoms with Gasteiger partial charge in [0.25, 0.3) is 0 Å². The van der Waals surface area contributed by atoms with Crippen molar-refractivity contribution >= 4 is 79.3 Å². The molecule has 0 aromatic heterocycles. The molecule has 5 aromatic carbocycles. The molecule has 0 amide bonds. The molecule has 0 atom stereocenters. The summed E-state index contributed by atoms with van der Waals surface area (Å²) in [5.74, 6) is -11.2. The number of aryl methyl sites for hydroxylation is 1. The van der Waals surface area contributed by atoms with E-state index in [4.69, 9.17) is 0 Å². The van der Waals surface area contributed by atoms with Gasteiger partial charge in [-0.05, 0) is 116 Å². The fraction of sp³-hybridized carbons (Fsp3) is 0.552. The van der Waals surface area contributed by atoms with Gasteiger partial charge in [0.1, 0.15) is 9.84 Å². The van der Waals surface area contributed by atoms with E-state index in [0.717, 1.165) is 88.2 Å². The second-order valence-corrected chi connectivity index (χ2v) is 41.7. The van der Waals surface area contributed by atoms with Gasteiger partial charge in [-0.15, -0.1) is 0 Å². The predicted molar refractivity (Wildman–Crippen MR) is 388 cm³/mol. The van der Waals surface area contributed by atoms with Gasteiger partial charge in [-0.1, -0.05) is 156 Å². The van der Waals surface area contributed by atoms with Gasteiger partial charge in [0.15, 0.2) is 67.5 Å². The van der Waals surface area contributed by atoms with Crippen LogP contribution in [0.15, 0.2) is 128 Å². The molecule has 1 saturated heterocycles. The molecule has 0 unspecified atom stereocenters. The van der Waals surface area contributed by atoms with Crippen molar-refractivity contribution in [3.05, 3.63) is 149 Å². The van der Waals surface area contributed by atoms with Crippen molar-refractivity contribution in [3.8, 4) is 0 Å². The molecular formula is C67H106F5N3O16S8. The van der Waals surface area contributed by atoms with Crippen molar-refractivity contribution in [2.75, 3.05) is 88.8 Å². The van der Waals surface area contributed by atoms with Gasteiger partial charge in [0.2, 0.25) is 35.9 Å². The number of unbranched alkanes of at least 4 members (excludes halogenated alkanes) is 3. The zero-order valence-corrected chi connectivity index (χ0v) is 67.2. The lowest BCUT2D eigenvalue weighted by Crippen LogP contribution is -2.31. The van der Waals surface area contributed by atoms with E-state index in [0.29, 0.717) is 49.2 Å². The molecule has 0 saturated carbocycles. The molecule has 0 bridgehead atoms. The van der Waals surface area contributed by atoms with Gasteiger partial charge < -0.3 is 0 Å². The molecule has 0 aliphatic carbocycles. The molecule has 0 N–H and O–H groups in total. The van der Waals surface area contributed by atoms with Gasteiger partial charge in [-0.25, -0.2) is 102 Å². The molecule has 99 heavy (non-hydrogen) atoms. The summed E-state index contributed by atoms with van der Waals surface area (Å²) < 4.78 is 246. The Morgan fingerprint density at radius 1 is 0.424 bits per heavy atom. The van der Waals surface area contributed by atoms with Gasteiger partial charge in [0.05, 0.1) is 37.8 Å². The number of halogens is 5. The lowest BCUT2D eigenvalue weighted by atomic mass is 9.87. The quantitative estimate of drug-likeness (QED) is 0.0397. The molecule has 568 valence electrons. The van der Waals surface area contributed by atoms with Crippen molar-refractivity contribution in [3.63, 3.8) is 0 Å². The molecule has 1 aliphatic rings. The zero-order valence-electron chi connectivity index (χ0n) is 60.7. The Hall–Kier alpha value is -4.77. The van der Waals surface area contributed by atoms with E-state index in [1.165, 1.54) is 48.8 Å². The van der Waals surface area contributed by atoms with Crippen LogP contribution in [0.4, 0.5) is 22.0 Å². The van der Waals surface area contributed by atoms with E-state index >= 15 is 0 Å². The predicted octanol–water partition coefficient (Wildman–Crippen LogP) is 12.8. The first kappa shape index (κ1) is 96.3. The first-order chi connectivity index (χ1) is 44.9. The molecule has 1 fully saturated rings. The summed E-state index contributed by atoms with van der Waals surface area (Å²) in [4.78, 5) is -0.283. The van der Waals surface area contributed by atoms with Crippen LogP contribution in [-0.4, -0.2) is 169 Å². The third-order valence-corrected chi connectivity index (χ3v) is 24.9. The molecule has 19 nitrogen and oxygen atoms in total. The van der Waals surface area contributed by atoms with Crippen LogP contribution in [0.25, 0.3) is 0 Å². The number of sulfone groups is 5. The molecule has 32 heteroatoms. The van der Waals surface area contributed by atoms with Crippen LogP contribution >= 0.6 is 0 Å². The monoisotopic (exact) mass is 1560 g/mol. The maximum atomic E-state index is 13.3. The SMILES string of the molecule is CC(C)(C)c1ccc(S(C)(=O)=O)cc1.CCCCN(CCCC)S(C)(=O)=O.CCCCS(C)(=O)=O.CCCS(=O)(=O)c1ccc(C(C)(C)C)cc1.CCN(C)S(=O)(=O)c1c(F)c(F)c(F)c(F)c1F.CS(=O)(=O)N1CCCC1.CS(=O)(=O)c1ccccc1.Cc1ccc(S(C)(=O)=O)cc1. The summed E-state index contributed by atoms with van der Waals surface area (Å²) >= 11 is 0. The van der Waals surface area contributed by atoms with Gasteiger partial charge in [0, 0.05) is 70.5 Å². The van der Waals surface area contributed by atoms with Crippen LogP contribution in [0.3, 0.4) is 0 Å². The Labute approximate surface area is 591 Å². The number of nitrogens with zero attached hydrogens (tertiary/aromatic N) is 3. The summed E-state index contributed by atoms with van der Waals surface area (Å²) in [5, 5.41) is 0. The third kappa shape index (κ3) is 37.8. The van der Waals surface area contributed by atoms with E-state index in [1.54, 1.807) is 83.2 Å². The highest BCUT2D eigenvalue weighted by Crippen LogP contribution is 2.29. The fourth-order valence-electron chi connectivity index (χ4n) is 7.88. The Morgan fingerprint density at radius 2 is 0.758 bits per heavy atom. The van der Waals surface area contributed by atoms with E-state index in [-0.39, 0.29) is 23.1 Å². The van der Waals surface area contributed by atoms with Gasteiger partial charge in [-0.3, -0.25) is 0 Å². The standard InChI is InChI=1S/C13H20O2S.C11H16O2S.C9H8F5NO2S.C9H21NO2S.C8H10O2S.C7H8O2S.C5H11NO2S.C5H12O2S/c1-5-10-16(14,15)12-8-6-11(7-9-12)13(2,3)4;1-11(2,3)9-5-7-10(8-6-9)14(4,12)13;1-3-15(2)18(16,17)9-7(13)5(11)4(10)6(12)8(9)14;1-4-6-8-10(9-7-5-2)13(3,11)12;1-7-3-5-8(6-4-7)11(2,9)10;1-10(8,9)7-5-3-2-4-6-7;1-9(7,8)6-4-2-3-5-6;1-3-4-5-8(2,6)7/h6-9H,5,10H2,1-4H3;5-8H,1-4H3;3H2,1-2H3;4-9H2,1-3H3;3-6H,1-2H3;2-6H,1H3;2-5H2,1H3;3-5H2,1-2H3. The minimum absolute atomic E-state index is 0.0625. The molecule has 1 aliphatic heterocycles. The minimum Gasteiger partial charge on any atom is -0.229 e. The van der Waals surface area contributed by atoms with Crippen molar-refractivity contribution < 1.29 is 89.3 Å². The van der Waals surface area contributed by atoms with Crippen molar-refractivity contribution in [2.24, 2.45) is 0 Å². The van der Waals surface area contributed by atoms with Crippen LogP contribution < -0.4 is 0 Å². The zero-order chi connectivity index (χ0) is 77.6. The average molecular weight is 1560 g/mol. The number of benzene rings is 5. The fourth-order valence-corrected chi connectivity index (χ4v) is 15.1. The average Bonchev–Trinajstić information content (AvgIpc) is 0.958. The third-order valence-electron chi connectivity index (χ3n) is 14.0. The lowest BCUT2D eigenvalue weighted by Gasteiger charge is -2.19. The summed E-state index contributed by atoms with van der Waals surface area (Å²) in [6, 6.07) is 29.5. The highest BCUT2D eigenvalue weighted by Gasteiger charge is 2.35. The molecule has 6 rings (SSSR count). The summed E-state index contributed by atoms with van der Waals surface area (Å²) in [7, 11) is -24.5. The Morgan fingerprint density at radius 3 is 1.02 bits per heavy atom. The Balaban J connectivity index is 0. The van der Waals surface area contributed by atoms with Crippen molar-refractivity contribution in [1.29, 1.82) is 0 Å². The smallest absolute Gasteiger partial charge is 0.229 e. The van der Waals surface area contributed by atoms with Crippen LogP contribution in [-0.2, 0) is 90.1 Å². The first-order valence-corrected chi connectivity index (χ1v) is 46.2. The number of rotatable bonds is 20. The van der Waals surface area contributed by atoms with Gasteiger partial charge in [-0.2, -0.15) is 0 Å². The van der Waals surface area contributed by atoms with Crippen molar-refractivity contribution in [1.82, 2.24) is 12.9 Å².